The van der Waals surface area contributed by atoms with E-state index in [0.717, 1.165) is 10.2 Å². The lowest BCUT2D eigenvalue weighted by Crippen LogP contribution is -2.37. The number of nitrogens with zero attached hydrogens (tertiary/aromatic N) is 4. The maximum atomic E-state index is 13.0. The molecule has 1 aromatic heterocycles. The van der Waals surface area contributed by atoms with Gasteiger partial charge in [-0.1, -0.05) is 12.1 Å². The van der Waals surface area contributed by atoms with Crippen molar-refractivity contribution in [1.82, 2.24) is 14.7 Å². The fourth-order valence-corrected chi connectivity index (χ4v) is 2.43. The molecule has 25 heavy (non-hydrogen) atoms. The fourth-order valence-electron chi connectivity index (χ4n) is 2.43. The standard InChI is InChI=1S/C18H19FN4O2/c1-11-12(2)21-23(18(25)16(11)9-20)10-17(24)22(4)13(3)14-5-7-15(19)8-6-14/h5-8,13H,10H2,1-4H3/t13-/m0/s1. The van der Waals surface area contributed by atoms with Gasteiger partial charge in [0.25, 0.3) is 5.56 Å². The van der Waals surface area contributed by atoms with Gasteiger partial charge in [0.05, 0.1) is 11.7 Å². The molecule has 130 valence electrons. The van der Waals surface area contributed by atoms with Gasteiger partial charge in [0, 0.05) is 7.05 Å². The van der Waals surface area contributed by atoms with E-state index >= 15 is 0 Å². The van der Waals surface area contributed by atoms with E-state index in [1.807, 2.05) is 13.0 Å². The fraction of sp³-hybridized carbons (Fsp3) is 0.333. The van der Waals surface area contributed by atoms with E-state index in [0.29, 0.717) is 11.3 Å². The molecule has 0 N–H and O–H groups in total. The molecule has 1 amide bonds. The molecule has 7 heteroatoms. The molecular weight excluding hydrogens is 323 g/mol. The Morgan fingerprint density at radius 1 is 1.36 bits per heavy atom. The summed E-state index contributed by atoms with van der Waals surface area (Å²) in [5, 5.41) is 13.2. The predicted molar refractivity (Wildman–Crippen MR) is 90.3 cm³/mol. The number of benzene rings is 1. The minimum Gasteiger partial charge on any atom is -0.337 e. The molecule has 2 rings (SSSR count). The maximum absolute atomic E-state index is 13.0. The molecule has 2 aromatic rings. The number of hydrogen-bond acceptors (Lipinski definition) is 4. The number of aromatic nitrogens is 2. The lowest BCUT2D eigenvalue weighted by Gasteiger charge is -2.25. The number of halogens is 1. The van der Waals surface area contributed by atoms with E-state index in [-0.39, 0.29) is 29.9 Å². The minimum absolute atomic E-state index is 0.00506. The average Bonchev–Trinajstić information content (AvgIpc) is 2.59. The van der Waals surface area contributed by atoms with Crippen LogP contribution < -0.4 is 5.56 Å². The molecule has 0 spiro atoms. The van der Waals surface area contributed by atoms with Crippen LogP contribution in [0.25, 0.3) is 0 Å². The third-order valence-corrected chi connectivity index (χ3v) is 4.36. The molecule has 0 aliphatic heterocycles. The van der Waals surface area contributed by atoms with Crippen molar-refractivity contribution in [2.45, 2.75) is 33.4 Å². The largest absolute Gasteiger partial charge is 0.337 e. The zero-order chi connectivity index (χ0) is 18.7. The Kier molecular flexibility index (Phi) is 5.32. The monoisotopic (exact) mass is 342 g/mol. The van der Waals surface area contributed by atoms with Crippen LogP contribution in [0.5, 0.6) is 0 Å². The van der Waals surface area contributed by atoms with Crippen LogP contribution in [0.3, 0.4) is 0 Å². The van der Waals surface area contributed by atoms with Crippen LogP contribution in [0.1, 0.15) is 35.3 Å². The van der Waals surface area contributed by atoms with Crippen molar-refractivity contribution < 1.29 is 9.18 Å². The Hall–Kier alpha value is -3.01. The number of likely N-dealkylation sites (N-methyl/N-ethyl adjacent to an activating group) is 1. The molecule has 0 aliphatic carbocycles. The molecule has 0 saturated carbocycles. The Balaban J connectivity index is 2.25. The lowest BCUT2D eigenvalue weighted by atomic mass is 10.1. The molecule has 1 atom stereocenters. The van der Waals surface area contributed by atoms with Crippen LogP contribution in [-0.2, 0) is 11.3 Å². The first-order valence-corrected chi connectivity index (χ1v) is 7.75. The van der Waals surface area contributed by atoms with Crippen molar-refractivity contribution in [3.63, 3.8) is 0 Å². The van der Waals surface area contributed by atoms with Crippen LogP contribution in [-0.4, -0.2) is 27.6 Å². The molecule has 0 aliphatic rings. The number of hydrogen-bond donors (Lipinski definition) is 0. The van der Waals surface area contributed by atoms with Gasteiger partial charge in [-0.25, -0.2) is 9.07 Å². The zero-order valence-electron chi connectivity index (χ0n) is 14.6. The SMILES string of the molecule is Cc1nn(CC(=O)N(C)[C@@H](C)c2ccc(F)cc2)c(=O)c(C#N)c1C. The highest BCUT2D eigenvalue weighted by molar-refractivity contribution is 5.76. The van der Waals surface area contributed by atoms with Gasteiger partial charge in [-0.05, 0) is 44.0 Å². The third kappa shape index (κ3) is 3.74. The topological polar surface area (TPSA) is 79.0 Å². The molecule has 0 saturated heterocycles. The van der Waals surface area contributed by atoms with E-state index < -0.39 is 5.56 Å². The number of aryl methyl sites for hydroxylation is 1. The van der Waals surface area contributed by atoms with Crippen molar-refractivity contribution >= 4 is 5.91 Å². The summed E-state index contributed by atoms with van der Waals surface area (Å²) >= 11 is 0. The summed E-state index contributed by atoms with van der Waals surface area (Å²) in [6, 6.07) is 7.45. The summed E-state index contributed by atoms with van der Waals surface area (Å²) < 4.78 is 14.0. The van der Waals surface area contributed by atoms with Crippen LogP contribution in [0.15, 0.2) is 29.1 Å². The Bertz CT molecular complexity index is 897. The van der Waals surface area contributed by atoms with Gasteiger partial charge in [-0.2, -0.15) is 10.4 Å². The molecule has 0 fully saturated rings. The molecule has 0 radical (unpaired) electrons. The highest BCUT2D eigenvalue weighted by atomic mass is 19.1. The zero-order valence-corrected chi connectivity index (χ0v) is 14.6. The van der Waals surface area contributed by atoms with Gasteiger partial charge in [-0.3, -0.25) is 9.59 Å². The highest BCUT2D eigenvalue weighted by Crippen LogP contribution is 2.19. The van der Waals surface area contributed by atoms with Crippen LogP contribution in [0.4, 0.5) is 4.39 Å². The summed E-state index contributed by atoms with van der Waals surface area (Å²) in [7, 11) is 1.60. The van der Waals surface area contributed by atoms with Crippen molar-refractivity contribution in [3.8, 4) is 6.07 Å². The average molecular weight is 342 g/mol. The van der Waals surface area contributed by atoms with Crippen molar-refractivity contribution in [3.05, 3.63) is 62.8 Å². The Labute approximate surface area is 145 Å². The smallest absolute Gasteiger partial charge is 0.285 e. The normalized spacial score (nSPS) is 11.7. The van der Waals surface area contributed by atoms with Gasteiger partial charge in [0.1, 0.15) is 24.0 Å². The van der Waals surface area contributed by atoms with Gasteiger partial charge in [-0.15, -0.1) is 0 Å². The first-order chi connectivity index (χ1) is 11.8. The predicted octanol–water partition coefficient (Wildman–Crippen LogP) is 2.09. The summed E-state index contributed by atoms with van der Waals surface area (Å²) in [6.45, 7) is 4.87. The van der Waals surface area contributed by atoms with E-state index in [2.05, 4.69) is 5.10 Å². The van der Waals surface area contributed by atoms with Crippen molar-refractivity contribution in [2.24, 2.45) is 0 Å². The second-order valence-electron chi connectivity index (χ2n) is 5.89. The number of nitriles is 1. The molecule has 0 unspecified atom stereocenters. The Morgan fingerprint density at radius 2 is 1.96 bits per heavy atom. The Morgan fingerprint density at radius 3 is 2.52 bits per heavy atom. The van der Waals surface area contributed by atoms with Gasteiger partial charge in [0.15, 0.2) is 0 Å². The van der Waals surface area contributed by atoms with Gasteiger partial charge >= 0.3 is 0 Å². The van der Waals surface area contributed by atoms with Crippen molar-refractivity contribution in [2.75, 3.05) is 7.05 Å². The first kappa shape index (κ1) is 18.3. The molecule has 1 aromatic carbocycles. The quantitative estimate of drug-likeness (QED) is 0.852. The summed E-state index contributed by atoms with van der Waals surface area (Å²) in [4.78, 5) is 26.2. The molecule has 0 bridgehead atoms. The summed E-state index contributed by atoms with van der Waals surface area (Å²) in [5.74, 6) is -0.682. The van der Waals surface area contributed by atoms with Gasteiger partial charge in [0.2, 0.25) is 5.91 Å². The van der Waals surface area contributed by atoms with E-state index in [1.54, 1.807) is 33.0 Å². The highest BCUT2D eigenvalue weighted by Gasteiger charge is 2.20. The van der Waals surface area contributed by atoms with Crippen molar-refractivity contribution in [1.29, 1.82) is 5.26 Å². The number of carbonyl (C=O) groups is 1. The van der Waals surface area contributed by atoms with Crippen LogP contribution in [0, 0.1) is 31.0 Å². The molecule has 6 nitrogen and oxygen atoms in total. The number of carbonyl (C=O) groups excluding carboxylic acids is 1. The van der Waals surface area contributed by atoms with Crippen LogP contribution >= 0.6 is 0 Å². The van der Waals surface area contributed by atoms with E-state index in [1.165, 1.54) is 17.0 Å². The summed E-state index contributed by atoms with van der Waals surface area (Å²) in [6.07, 6.45) is 0. The third-order valence-electron chi connectivity index (χ3n) is 4.36. The van der Waals surface area contributed by atoms with E-state index in [4.69, 9.17) is 5.26 Å². The second kappa shape index (κ2) is 7.26. The summed E-state index contributed by atoms with van der Waals surface area (Å²) in [5.41, 5.74) is 1.23. The van der Waals surface area contributed by atoms with Gasteiger partial charge < -0.3 is 4.90 Å². The first-order valence-electron chi connectivity index (χ1n) is 7.75. The van der Waals surface area contributed by atoms with Crippen LogP contribution in [0.2, 0.25) is 0 Å². The molecular formula is C18H19FN4O2. The molecule has 1 heterocycles. The minimum atomic E-state index is -0.582. The number of amides is 1. The number of rotatable bonds is 4. The maximum Gasteiger partial charge on any atom is 0.285 e. The van der Waals surface area contributed by atoms with E-state index in [9.17, 15) is 14.0 Å². The second-order valence-corrected chi connectivity index (χ2v) is 5.89. The lowest BCUT2D eigenvalue weighted by molar-refractivity contribution is -0.132.